The number of halogens is 4. The molecule has 1 aromatic heterocycles. The number of anilines is 1. The zero-order valence-corrected chi connectivity index (χ0v) is 46.8. The number of nitrogens with zero attached hydrogens (tertiary/aromatic N) is 5. The first-order valence-electron chi connectivity index (χ1n) is 27.2. The number of primary amides is 1. The Hall–Kier alpha value is -8.15. The number of aliphatic hydroxyl groups is 1. The first-order valence-corrected chi connectivity index (χ1v) is 27.2. The molecule has 82 heavy (non-hydrogen) atoms. The van der Waals surface area contributed by atoms with Gasteiger partial charge in [-0.1, -0.05) is 65.3 Å². The van der Waals surface area contributed by atoms with Gasteiger partial charge in [0, 0.05) is 74.7 Å². The SMILES string of the molecule is CC(O)C(=O)N(CC1CN(C(=O)OCc2ccc(NC(=O)C(CCCNC(N)=O)NC(=O)C(NC(=O)CCCCCN3C(=O)C=CC3=O)C(C)C)cc2)CC1F)C(c1nc(-c2cc(F)ccc2F)cn1Cc1cccc(F)c1)C(C)(C)C. The first kappa shape index (κ1) is 63.0. The third kappa shape index (κ3) is 17.4. The normalized spacial score (nSPS) is 16.6. The van der Waals surface area contributed by atoms with Crippen LogP contribution in [0.5, 0.6) is 0 Å². The molecule has 0 saturated carbocycles. The van der Waals surface area contributed by atoms with Crippen LogP contribution < -0.4 is 27.0 Å². The average Bonchev–Trinajstić information content (AvgIpc) is 4.08. The molecular formula is C58H72F4N10O10. The van der Waals surface area contributed by atoms with Gasteiger partial charge in [0.25, 0.3) is 17.7 Å². The summed E-state index contributed by atoms with van der Waals surface area (Å²) >= 11 is 0. The lowest BCUT2D eigenvalue weighted by Gasteiger charge is -2.41. The quantitative estimate of drug-likeness (QED) is 0.0227. The standard InChI is InChI=1S/C58H72F4N10O10/c1-34(2)50(68-47(74)15-8-7-9-25-71-48(75)22-23-49(71)76)54(78)67-45(14-11-24-64-56(63)80)53(77)65-41-19-16-36(17-20-41)33-82-57(81)70-29-38(44(62)31-70)30-72(55(79)35(3)73)51(58(4,5)6)52-66-46(42-27-40(60)18-21-43(42)61)32-69(52)28-37-12-10-13-39(59)26-37/h10,12-13,16-23,26-27,32,34-35,38,44-45,50-51,73H,7-9,11,14-15,24-25,28-31,33H2,1-6H3,(H,65,77)(H,67,78)(H,68,74)(H3,63,64,80). The molecule has 0 aliphatic carbocycles. The molecule has 0 radical (unpaired) electrons. The average molecular weight is 1150 g/mol. The van der Waals surface area contributed by atoms with Crippen LogP contribution in [0.25, 0.3) is 11.3 Å². The van der Waals surface area contributed by atoms with E-state index in [2.05, 4.69) is 21.3 Å². The summed E-state index contributed by atoms with van der Waals surface area (Å²) in [6, 6.07) is 10.8. The van der Waals surface area contributed by atoms with Crippen LogP contribution in [0.15, 0.2) is 85.1 Å². The molecule has 0 spiro atoms. The van der Waals surface area contributed by atoms with Crippen molar-refractivity contribution in [3.8, 4) is 11.3 Å². The second-order valence-electron chi connectivity index (χ2n) is 22.0. The smallest absolute Gasteiger partial charge is 0.410 e. The summed E-state index contributed by atoms with van der Waals surface area (Å²) in [7, 11) is 0. The second kappa shape index (κ2) is 28.5. The number of unbranched alkanes of at least 4 members (excludes halogenated alkanes) is 2. The molecule has 6 atom stereocenters. The first-order chi connectivity index (χ1) is 38.8. The minimum Gasteiger partial charge on any atom is -0.445 e. The largest absolute Gasteiger partial charge is 0.445 e. The molecular weight excluding hydrogens is 1070 g/mol. The van der Waals surface area contributed by atoms with E-state index in [9.17, 15) is 52.2 Å². The fourth-order valence-corrected chi connectivity index (χ4v) is 9.76. The van der Waals surface area contributed by atoms with E-state index in [1.807, 2.05) is 0 Å². The maximum absolute atomic E-state index is 16.2. The highest BCUT2D eigenvalue weighted by atomic mass is 19.1. The van der Waals surface area contributed by atoms with Crippen molar-refractivity contribution in [2.45, 2.75) is 124 Å². The van der Waals surface area contributed by atoms with Gasteiger partial charge in [0.1, 0.15) is 54.2 Å². The summed E-state index contributed by atoms with van der Waals surface area (Å²) in [5, 5.41) is 21.4. The van der Waals surface area contributed by atoms with Gasteiger partial charge in [0.2, 0.25) is 17.7 Å². The van der Waals surface area contributed by atoms with Crippen LogP contribution >= 0.6 is 0 Å². The summed E-state index contributed by atoms with van der Waals surface area (Å²) in [6.07, 6.45) is 1.61. The number of likely N-dealkylation sites (tertiary alicyclic amines) is 1. The number of nitrogens with two attached hydrogens (primary N) is 1. The van der Waals surface area contributed by atoms with Crippen LogP contribution in [0.1, 0.15) is 103 Å². The summed E-state index contributed by atoms with van der Waals surface area (Å²) in [5.74, 6) is -6.45. The number of aromatic nitrogens is 2. The molecule has 4 aromatic rings. The lowest BCUT2D eigenvalue weighted by atomic mass is 9.84. The molecule has 6 rings (SSSR count). The highest BCUT2D eigenvalue weighted by molar-refractivity contribution is 6.12. The van der Waals surface area contributed by atoms with Crippen LogP contribution in [0.4, 0.5) is 32.8 Å². The Labute approximate surface area is 473 Å². The van der Waals surface area contributed by atoms with Gasteiger partial charge in [0.15, 0.2) is 0 Å². The Kier molecular flexibility index (Phi) is 21.9. The molecule has 2 aliphatic rings. The monoisotopic (exact) mass is 1140 g/mol. The zero-order chi connectivity index (χ0) is 60.0. The number of benzene rings is 3. The van der Waals surface area contributed by atoms with Crippen molar-refractivity contribution in [1.29, 1.82) is 0 Å². The Bertz CT molecular complexity index is 2970. The van der Waals surface area contributed by atoms with Crippen molar-refractivity contribution >= 4 is 53.3 Å². The number of imidazole rings is 1. The molecule has 24 heteroatoms. The van der Waals surface area contributed by atoms with E-state index in [1.54, 1.807) is 57.4 Å². The summed E-state index contributed by atoms with van der Waals surface area (Å²) < 4.78 is 67.6. The van der Waals surface area contributed by atoms with Crippen LogP contribution in [-0.4, -0.2) is 134 Å². The highest BCUT2D eigenvalue weighted by Crippen LogP contribution is 2.41. The van der Waals surface area contributed by atoms with Crippen molar-refractivity contribution in [2.24, 2.45) is 23.0 Å². The van der Waals surface area contributed by atoms with Gasteiger partial charge in [-0.3, -0.25) is 33.7 Å². The van der Waals surface area contributed by atoms with E-state index >= 15 is 8.78 Å². The van der Waals surface area contributed by atoms with Gasteiger partial charge >= 0.3 is 12.1 Å². The predicted molar refractivity (Wildman–Crippen MR) is 294 cm³/mol. The van der Waals surface area contributed by atoms with E-state index in [0.29, 0.717) is 36.1 Å². The number of ether oxygens (including phenoxy) is 1. The highest BCUT2D eigenvalue weighted by Gasteiger charge is 2.44. The maximum Gasteiger partial charge on any atom is 0.410 e. The number of imide groups is 1. The molecule has 9 amide bonds. The van der Waals surface area contributed by atoms with Crippen molar-refractivity contribution in [2.75, 3.05) is 38.0 Å². The van der Waals surface area contributed by atoms with Gasteiger partial charge in [-0.2, -0.15) is 0 Å². The fraction of sp³-hybridized carbons (Fsp3) is 0.466. The number of alkyl halides is 1. The number of hydrogen-bond acceptors (Lipinski definition) is 11. The van der Waals surface area contributed by atoms with E-state index in [4.69, 9.17) is 15.5 Å². The summed E-state index contributed by atoms with van der Waals surface area (Å²) in [6.45, 7) is 9.21. The van der Waals surface area contributed by atoms with Crippen molar-refractivity contribution in [1.82, 2.24) is 40.2 Å². The van der Waals surface area contributed by atoms with Crippen LogP contribution in [0, 0.1) is 34.7 Å². The molecule has 7 N–H and O–H groups in total. The van der Waals surface area contributed by atoms with Crippen LogP contribution in [0.3, 0.4) is 0 Å². The predicted octanol–water partition coefficient (Wildman–Crippen LogP) is 6.42. The van der Waals surface area contributed by atoms with Crippen molar-refractivity contribution in [3.05, 3.63) is 119 Å². The number of carbonyl (C=O) groups is 8. The van der Waals surface area contributed by atoms with E-state index in [0.717, 1.165) is 28.0 Å². The number of hydrogen-bond donors (Lipinski definition) is 6. The summed E-state index contributed by atoms with van der Waals surface area (Å²) in [4.78, 5) is 111. The molecule has 6 unspecified atom stereocenters. The van der Waals surface area contributed by atoms with Gasteiger partial charge in [-0.15, -0.1) is 0 Å². The third-order valence-electron chi connectivity index (χ3n) is 14.0. The second-order valence-corrected chi connectivity index (χ2v) is 22.0. The Morgan fingerprint density at radius 3 is 2.20 bits per heavy atom. The van der Waals surface area contributed by atoms with Gasteiger partial charge < -0.3 is 51.2 Å². The molecule has 2 aliphatic heterocycles. The van der Waals surface area contributed by atoms with Crippen molar-refractivity contribution < 1.29 is 65.8 Å². The Morgan fingerprint density at radius 2 is 1.55 bits per heavy atom. The lowest BCUT2D eigenvalue weighted by Crippen LogP contribution is -2.54. The minimum atomic E-state index is -1.67. The zero-order valence-electron chi connectivity index (χ0n) is 46.8. The van der Waals surface area contributed by atoms with Crippen LogP contribution in [0.2, 0.25) is 0 Å². The van der Waals surface area contributed by atoms with Gasteiger partial charge in [0.05, 0.1) is 18.3 Å². The fourth-order valence-electron chi connectivity index (χ4n) is 9.76. The third-order valence-corrected chi connectivity index (χ3v) is 14.0. The van der Waals surface area contributed by atoms with E-state index in [-0.39, 0.29) is 93.4 Å². The minimum absolute atomic E-state index is 0.00674. The number of urea groups is 1. The lowest BCUT2D eigenvalue weighted by molar-refractivity contribution is -0.146. The molecule has 442 valence electrons. The number of aliphatic hydroxyl groups excluding tert-OH is 1. The summed E-state index contributed by atoms with van der Waals surface area (Å²) in [5.41, 5.74) is 5.39. The molecule has 3 aromatic carbocycles. The molecule has 3 heterocycles. The molecule has 1 fully saturated rings. The number of amides is 9. The van der Waals surface area contributed by atoms with E-state index < -0.39 is 101 Å². The molecule has 1 saturated heterocycles. The van der Waals surface area contributed by atoms with E-state index in [1.165, 1.54) is 60.5 Å². The number of nitrogens with one attached hydrogen (secondary N) is 4. The Morgan fingerprint density at radius 1 is 0.854 bits per heavy atom. The van der Waals surface area contributed by atoms with Crippen LogP contribution in [-0.2, 0) is 46.7 Å². The maximum atomic E-state index is 16.2. The van der Waals surface area contributed by atoms with Gasteiger partial charge in [-0.25, -0.2) is 32.1 Å². The Balaban J connectivity index is 1.08. The number of carbonyl (C=O) groups excluding carboxylic acids is 8. The van der Waals surface area contributed by atoms with Gasteiger partial charge in [-0.05, 0) is 97.5 Å². The van der Waals surface area contributed by atoms with Crippen molar-refractivity contribution in [3.63, 3.8) is 0 Å². The topological polar surface area (TPSA) is 268 Å². The number of rotatable bonds is 26. The molecule has 0 bridgehead atoms. The molecule has 20 nitrogen and oxygen atoms in total.